The Morgan fingerprint density at radius 3 is 2.55 bits per heavy atom. The van der Waals surface area contributed by atoms with E-state index in [1.54, 1.807) is 12.1 Å². The van der Waals surface area contributed by atoms with Gasteiger partial charge in [-0.05, 0) is 62.1 Å². The summed E-state index contributed by atoms with van der Waals surface area (Å²) in [6, 6.07) is 4.22. The van der Waals surface area contributed by atoms with Crippen LogP contribution >= 0.6 is 11.6 Å². The quantitative estimate of drug-likeness (QED) is 0.382. The summed E-state index contributed by atoms with van der Waals surface area (Å²) in [5.41, 5.74) is 0.402. The fourth-order valence-electron chi connectivity index (χ4n) is 5.31. The molecule has 0 unspecified atom stereocenters. The Kier molecular flexibility index (Phi) is 7.37. The molecule has 1 saturated heterocycles. The maximum atomic E-state index is 13.7. The lowest BCUT2D eigenvalue weighted by molar-refractivity contribution is -0.141. The number of nitrogens with zero attached hydrogens (tertiary/aromatic N) is 3. The van der Waals surface area contributed by atoms with Gasteiger partial charge < -0.3 is 15.0 Å². The van der Waals surface area contributed by atoms with Crippen LogP contribution in [0.1, 0.15) is 85.6 Å². The Morgan fingerprint density at radius 2 is 1.95 bits per heavy atom. The molecule has 11 heteroatoms. The molecule has 2 aromatic rings. The summed E-state index contributed by atoms with van der Waals surface area (Å²) in [4.78, 5) is 28.6. The minimum absolute atomic E-state index is 0.155. The van der Waals surface area contributed by atoms with Crippen molar-refractivity contribution in [2.24, 2.45) is 11.8 Å². The number of piperidine rings is 1. The number of amides is 1. The fraction of sp³-hybridized carbons (Fsp3) is 0.593. The Balaban J connectivity index is 1.47. The molecule has 5 rings (SSSR count). The van der Waals surface area contributed by atoms with E-state index >= 15 is 0 Å². The predicted molar refractivity (Wildman–Crippen MR) is 138 cm³/mol. The third-order valence-corrected chi connectivity index (χ3v) is 8.03. The van der Waals surface area contributed by atoms with Crippen molar-refractivity contribution in [3.63, 3.8) is 0 Å². The number of halogens is 4. The monoisotopic (exact) mass is 552 g/mol. The first-order valence-electron chi connectivity index (χ1n) is 13.2. The van der Waals surface area contributed by atoms with Crippen molar-refractivity contribution in [1.29, 1.82) is 0 Å². The summed E-state index contributed by atoms with van der Waals surface area (Å²) in [5, 5.41) is 6.22. The molecule has 2 aliphatic carbocycles. The smallest absolute Gasteiger partial charge is 0.436 e. The van der Waals surface area contributed by atoms with Crippen molar-refractivity contribution in [1.82, 2.24) is 9.78 Å². The van der Waals surface area contributed by atoms with Gasteiger partial charge in [-0.1, -0.05) is 31.4 Å². The maximum Gasteiger partial charge on any atom is 0.436 e. The summed E-state index contributed by atoms with van der Waals surface area (Å²) in [6.07, 6.45) is 1.01. The SMILES string of the molecule is COC(=O)c1cc(N2CCC[C@@H](C)C2)ccc1NC(=O)[C@H](CC1CC1)n1nc(C(F)(F)F)c(Cl)c1C1CC1. The Labute approximate surface area is 224 Å². The van der Waals surface area contributed by atoms with E-state index in [1.165, 1.54) is 11.8 Å². The van der Waals surface area contributed by atoms with Crippen LogP contribution in [0, 0.1) is 11.8 Å². The molecule has 3 aliphatic rings. The van der Waals surface area contributed by atoms with Crippen molar-refractivity contribution in [2.45, 2.75) is 70.0 Å². The van der Waals surface area contributed by atoms with E-state index in [1.807, 2.05) is 6.07 Å². The average Bonchev–Trinajstić information content (AvgIpc) is 3.81. The van der Waals surface area contributed by atoms with Gasteiger partial charge in [0.1, 0.15) is 6.04 Å². The first kappa shape index (κ1) is 26.8. The highest BCUT2D eigenvalue weighted by Crippen LogP contribution is 2.49. The molecule has 38 heavy (non-hydrogen) atoms. The summed E-state index contributed by atoms with van der Waals surface area (Å²) >= 11 is 6.20. The number of hydrogen-bond acceptors (Lipinski definition) is 5. The van der Waals surface area contributed by atoms with Crippen molar-refractivity contribution in [2.75, 3.05) is 30.4 Å². The molecule has 1 aliphatic heterocycles. The van der Waals surface area contributed by atoms with Gasteiger partial charge >= 0.3 is 12.1 Å². The molecular formula is C27H32ClF3N4O3. The van der Waals surface area contributed by atoms with Crippen molar-refractivity contribution in [3.05, 3.63) is 40.2 Å². The zero-order valence-corrected chi connectivity index (χ0v) is 22.2. The first-order chi connectivity index (χ1) is 18.1. The lowest BCUT2D eigenvalue weighted by Gasteiger charge is -2.33. The molecule has 2 atom stereocenters. The van der Waals surface area contributed by atoms with Crippen LogP contribution in [0.5, 0.6) is 0 Å². The van der Waals surface area contributed by atoms with Crippen LogP contribution in [-0.4, -0.2) is 41.9 Å². The van der Waals surface area contributed by atoms with Gasteiger partial charge in [-0.3, -0.25) is 9.48 Å². The molecular weight excluding hydrogens is 521 g/mol. The summed E-state index contributed by atoms with van der Waals surface area (Å²) in [7, 11) is 1.27. The van der Waals surface area contributed by atoms with Crippen molar-refractivity contribution >= 4 is 34.9 Å². The molecule has 2 heterocycles. The number of rotatable bonds is 8. The van der Waals surface area contributed by atoms with Gasteiger partial charge in [-0.2, -0.15) is 18.3 Å². The predicted octanol–water partition coefficient (Wildman–Crippen LogP) is 6.44. The molecule has 1 aromatic carbocycles. The van der Waals surface area contributed by atoms with E-state index in [0.717, 1.165) is 44.5 Å². The van der Waals surface area contributed by atoms with E-state index in [4.69, 9.17) is 16.3 Å². The van der Waals surface area contributed by atoms with E-state index in [-0.39, 0.29) is 28.8 Å². The molecule has 1 amide bonds. The fourth-order valence-corrected chi connectivity index (χ4v) is 5.70. The Bertz CT molecular complexity index is 1220. The van der Waals surface area contributed by atoms with Crippen molar-refractivity contribution < 1.29 is 27.5 Å². The number of alkyl halides is 3. The molecule has 1 aromatic heterocycles. The Morgan fingerprint density at radius 1 is 1.21 bits per heavy atom. The largest absolute Gasteiger partial charge is 0.465 e. The molecule has 7 nitrogen and oxygen atoms in total. The van der Waals surface area contributed by atoms with Gasteiger partial charge in [-0.25, -0.2) is 4.79 Å². The summed E-state index contributed by atoms with van der Waals surface area (Å²) in [5.74, 6) is -0.547. The minimum Gasteiger partial charge on any atom is -0.465 e. The van der Waals surface area contributed by atoms with Crippen LogP contribution in [-0.2, 0) is 15.7 Å². The zero-order chi connectivity index (χ0) is 27.2. The number of carbonyl (C=O) groups is 2. The molecule has 1 N–H and O–H groups in total. The molecule has 0 radical (unpaired) electrons. The van der Waals surface area contributed by atoms with Crippen LogP contribution in [0.2, 0.25) is 5.02 Å². The van der Waals surface area contributed by atoms with Crippen molar-refractivity contribution in [3.8, 4) is 0 Å². The van der Waals surface area contributed by atoms with Gasteiger partial charge in [0.15, 0.2) is 5.69 Å². The minimum atomic E-state index is -4.73. The lowest BCUT2D eigenvalue weighted by Crippen LogP contribution is -2.34. The number of hydrogen-bond donors (Lipinski definition) is 1. The third kappa shape index (κ3) is 5.65. The van der Waals surface area contributed by atoms with Crippen LogP contribution in [0.25, 0.3) is 0 Å². The average molecular weight is 553 g/mol. The molecule has 3 fully saturated rings. The molecule has 0 bridgehead atoms. The highest BCUT2D eigenvalue weighted by Gasteiger charge is 2.44. The number of ether oxygens (including phenoxy) is 1. The van der Waals surface area contributed by atoms with E-state index in [9.17, 15) is 22.8 Å². The van der Waals surface area contributed by atoms with Crippen LogP contribution in [0.4, 0.5) is 24.5 Å². The van der Waals surface area contributed by atoms with Gasteiger partial charge in [0, 0.05) is 24.7 Å². The van der Waals surface area contributed by atoms with Gasteiger partial charge in [0.05, 0.1) is 29.1 Å². The summed E-state index contributed by atoms with van der Waals surface area (Å²) < 4.78 is 47.3. The normalized spacial score (nSPS) is 20.8. The first-order valence-corrected chi connectivity index (χ1v) is 13.6. The number of aromatic nitrogens is 2. The number of carbonyl (C=O) groups excluding carboxylic acids is 2. The second-order valence-electron chi connectivity index (χ2n) is 10.9. The topological polar surface area (TPSA) is 76.5 Å². The summed E-state index contributed by atoms with van der Waals surface area (Å²) in [6.45, 7) is 3.91. The molecule has 206 valence electrons. The zero-order valence-electron chi connectivity index (χ0n) is 21.5. The number of esters is 1. The standard InChI is InChI=1S/C27H32ClF3N4O3/c1-15-4-3-11-34(14-15)18-9-10-20(19(13-18)26(37)38-2)32-25(36)21(12-16-5-6-16)35-23(17-7-8-17)22(28)24(33-35)27(29,30)31/h9-10,13,15-17,21H,3-8,11-12,14H2,1-2H3,(H,32,36)/t15-,21+/m1/s1. The van der Waals surface area contributed by atoms with Crippen LogP contribution in [0.15, 0.2) is 18.2 Å². The van der Waals surface area contributed by atoms with Gasteiger partial charge in [-0.15, -0.1) is 0 Å². The van der Waals surface area contributed by atoms with E-state index < -0.39 is 34.8 Å². The number of methoxy groups -OCH3 is 1. The van der Waals surface area contributed by atoms with Gasteiger partial charge in [0.2, 0.25) is 5.91 Å². The second kappa shape index (κ2) is 10.4. The van der Waals surface area contributed by atoms with E-state index in [2.05, 4.69) is 22.2 Å². The molecule has 0 spiro atoms. The van der Waals surface area contributed by atoms with E-state index in [0.29, 0.717) is 25.2 Å². The van der Waals surface area contributed by atoms with Crippen LogP contribution in [0.3, 0.4) is 0 Å². The lowest BCUT2D eigenvalue weighted by atomic mass is 9.99. The second-order valence-corrected chi connectivity index (χ2v) is 11.2. The van der Waals surface area contributed by atoms with Gasteiger partial charge in [0.25, 0.3) is 0 Å². The highest BCUT2D eigenvalue weighted by molar-refractivity contribution is 6.32. The third-order valence-electron chi connectivity index (χ3n) is 7.66. The number of anilines is 2. The van der Waals surface area contributed by atoms with Crippen LogP contribution < -0.4 is 10.2 Å². The Hall–Kier alpha value is -2.75. The molecule has 2 saturated carbocycles. The number of benzene rings is 1. The maximum absolute atomic E-state index is 13.7. The number of nitrogens with one attached hydrogen (secondary N) is 1. The highest BCUT2D eigenvalue weighted by atomic mass is 35.5.